The van der Waals surface area contributed by atoms with E-state index in [1.807, 2.05) is 0 Å². The molecule has 0 saturated heterocycles. The molecular weight excluding hydrogens is 240 g/mol. The molecule has 0 unspecified atom stereocenters. The van der Waals surface area contributed by atoms with Gasteiger partial charge in [0.2, 0.25) is 0 Å². The number of carbonyl (C=O) groups excluding carboxylic acids is 1. The van der Waals surface area contributed by atoms with Crippen LogP contribution in [0, 0.1) is 0 Å². The maximum atomic E-state index is 11.5. The van der Waals surface area contributed by atoms with Crippen LogP contribution in [-0.4, -0.2) is 16.2 Å². The summed E-state index contributed by atoms with van der Waals surface area (Å²) >= 11 is 5.74. The Hall–Kier alpha value is -2.01. The van der Waals surface area contributed by atoms with Crippen molar-refractivity contribution in [1.29, 1.82) is 0 Å². The summed E-state index contributed by atoms with van der Waals surface area (Å²) in [5.41, 5.74) is 1.61. The Kier molecular flexibility index (Phi) is 3.62. The molecule has 0 saturated carbocycles. The van der Waals surface area contributed by atoms with Gasteiger partial charge in [-0.1, -0.05) is 11.6 Å². The average Bonchev–Trinajstić information content (AvgIpc) is 2.83. The summed E-state index contributed by atoms with van der Waals surface area (Å²) in [4.78, 5) is 11.5. The Labute approximate surface area is 103 Å². The zero-order valence-corrected chi connectivity index (χ0v) is 9.66. The molecule has 2 rings (SSSR count). The van der Waals surface area contributed by atoms with Gasteiger partial charge in [0, 0.05) is 29.0 Å². The van der Waals surface area contributed by atoms with Crippen molar-refractivity contribution in [2.45, 2.75) is 6.54 Å². The van der Waals surface area contributed by atoms with E-state index in [1.54, 1.807) is 36.7 Å². The van der Waals surface area contributed by atoms with Crippen molar-refractivity contribution in [2.24, 2.45) is 0 Å². The number of urea groups is 1. The van der Waals surface area contributed by atoms with Crippen LogP contribution >= 0.6 is 11.6 Å². The van der Waals surface area contributed by atoms with Crippen molar-refractivity contribution >= 4 is 23.3 Å². The third-order valence-corrected chi connectivity index (χ3v) is 2.36. The molecule has 0 aliphatic heterocycles. The third-order valence-electron chi connectivity index (χ3n) is 2.11. The number of halogens is 1. The zero-order chi connectivity index (χ0) is 12.1. The van der Waals surface area contributed by atoms with Crippen LogP contribution in [0.25, 0.3) is 0 Å². The van der Waals surface area contributed by atoms with Crippen LogP contribution in [0.2, 0.25) is 5.02 Å². The molecule has 6 heteroatoms. The predicted molar refractivity (Wildman–Crippen MR) is 65.9 cm³/mol. The lowest BCUT2D eigenvalue weighted by atomic mass is 10.3. The molecule has 1 aromatic heterocycles. The first-order chi connectivity index (χ1) is 8.24. The lowest BCUT2D eigenvalue weighted by molar-refractivity contribution is 0.251. The number of aromatic nitrogens is 2. The van der Waals surface area contributed by atoms with E-state index in [-0.39, 0.29) is 6.03 Å². The number of H-pyrrole nitrogens is 1. The standard InChI is InChI=1S/C11H11ClN4O/c12-9-1-3-10(4-2-9)16-11(17)13-5-8-6-14-15-7-8/h1-4,6-7H,5H2,(H,14,15)(H2,13,16,17). The van der Waals surface area contributed by atoms with E-state index in [1.165, 1.54) is 0 Å². The van der Waals surface area contributed by atoms with Crippen molar-refractivity contribution in [2.75, 3.05) is 5.32 Å². The second kappa shape index (κ2) is 5.36. The van der Waals surface area contributed by atoms with E-state index < -0.39 is 0 Å². The number of carbonyl (C=O) groups is 1. The van der Waals surface area contributed by atoms with Gasteiger partial charge in [0.1, 0.15) is 0 Å². The van der Waals surface area contributed by atoms with Gasteiger partial charge < -0.3 is 10.6 Å². The van der Waals surface area contributed by atoms with Crippen LogP contribution in [0.3, 0.4) is 0 Å². The second-order valence-corrected chi connectivity index (χ2v) is 3.86. The maximum Gasteiger partial charge on any atom is 0.319 e. The molecule has 1 aromatic carbocycles. The van der Waals surface area contributed by atoms with E-state index in [0.717, 1.165) is 5.56 Å². The van der Waals surface area contributed by atoms with E-state index in [0.29, 0.717) is 17.3 Å². The van der Waals surface area contributed by atoms with Crippen LogP contribution in [0.5, 0.6) is 0 Å². The van der Waals surface area contributed by atoms with Gasteiger partial charge >= 0.3 is 6.03 Å². The number of hydrogen-bond donors (Lipinski definition) is 3. The second-order valence-electron chi connectivity index (χ2n) is 3.42. The number of rotatable bonds is 3. The molecule has 0 atom stereocenters. The number of benzene rings is 1. The number of nitrogens with one attached hydrogen (secondary N) is 3. The van der Waals surface area contributed by atoms with Crippen LogP contribution in [0.1, 0.15) is 5.56 Å². The highest BCUT2D eigenvalue weighted by molar-refractivity contribution is 6.30. The van der Waals surface area contributed by atoms with Gasteiger partial charge in [0.15, 0.2) is 0 Å². The zero-order valence-electron chi connectivity index (χ0n) is 8.90. The van der Waals surface area contributed by atoms with Gasteiger partial charge in [0.05, 0.1) is 6.20 Å². The van der Waals surface area contributed by atoms with E-state index >= 15 is 0 Å². The monoisotopic (exact) mass is 250 g/mol. The fraction of sp³-hybridized carbons (Fsp3) is 0.0909. The van der Waals surface area contributed by atoms with Crippen LogP contribution in [0.4, 0.5) is 10.5 Å². The summed E-state index contributed by atoms with van der Waals surface area (Å²) < 4.78 is 0. The molecule has 88 valence electrons. The van der Waals surface area contributed by atoms with E-state index in [9.17, 15) is 4.79 Å². The molecule has 2 amide bonds. The number of aromatic amines is 1. The number of nitrogens with zero attached hydrogens (tertiary/aromatic N) is 1. The normalized spacial score (nSPS) is 9.94. The fourth-order valence-corrected chi connectivity index (χ4v) is 1.39. The van der Waals surface area contributed by atoms with Gasteiger partial charge in [-0.2, -0.15) is 5.10 Å². The average molecular weight is 251 g/mol. The van der Waals surface area contributed by atoms with Crippen LogP contribution in [-0.2, 0) is 6.54 Å². The van der Waals surface area contributed by atoms with Gasteiger partial charge in [-0.15, -0.1) is 0 Å². The highest BCUT2D eigenvalue weighted by Gasteiger charge is 2.01. The van der Waals surface area contributed by atoms with Crippen molar-refractivity contribution in [1.82, 2.24) is 15.5 Å². The molecule has 0 spiro atoms. The number of anilines is 1. The van der Waals surface area contributed by atoms with Gasteiger partial charge in [-0.3, -0.25) is 5.10 Å². The molecular formula is C11H11ClN4O. The molecule has 1 heterocycles. The highest BCUT2D eigenvalue weighted by Crippen LogP contribution is 2.13. The molecule has 2 aromatic rings. The number of amides is 2. The summed E-state index contributed by atoms with van der Waals surface area (Å²) in [6.07, 6.45) is 3.38. The Morgan fingerprint density at radius 1 is 1.35 bits per heavy atom. The summed E-state index contributed by atoms with van der Waals surface area (Å²) in [5, 5.41) is 12.5. The quantitative estimate of drug-likeness (QED) is 0.783. The first-order valence-corrected chi connectivity index (χ1v) is 5.40. The van der Waals surface area contributed by atoms with Crippen LogP contribution in [0.15, 0.2) is 36.7 Å². The Morgan fingerprint density at radius 2 is 2.12 bits per heavy atom. The van der Waals surface area contributed by atoms with Gasteiger partial charge in [-0.25, -0.2) is 4.79 Å². The highest BCUT2D eigenvalue weighted by atomic mass is 35.5. The molecule has 3 N–H and O–H groups in total. The molecule has 0 bridgehead atoms. The fourth-order valence-electron chi connectivity index (χ4n) is 1.27. The lowest BCUT2D eigenvalue weighted by Gasteiger charge is -2.06. The van der Waals surface area contributed by atoms with E-state index in [4.69, 9.17) is 11.6 Å². The molecule has 0 radical (unpaired) electrons. The summed E-state index contributed by atoms with van der Waals surface area (Å²) in [5.74, 6) is 0. The lowest BCUT2D eigenvalue weighted by Crippen LogP contribution is -2.27. The largest absolute Gasteiger partial charge is 0.334 e. The smallest absolute Gasteiger partial charge is 0.319 e. The van der Waals surface area contributed by atoms with Crippen molar-refractivity contribution in [3.63, 3.8) is 0 Å². The first kappa shape index (κ1) is 11.5. The summed E-state index contributed by atoms with van der Waals surface area (Å²) in [6.45, 7) is 0.427. The topological polar surface area (TPSA) is 69.8 Å². The first-order valence-electron chi connectivity index (χ1n) is 5.02. The Bertz CT molecular complexity index is 481. The van der Waals surface area contributed by atoms with Gasteiger partial charge in [0.25, 0.3) is 0 Å². The van der Waals surface area contributed by atoms with Crippen molar-refractivity contribution in [3.8, 4) is 0 Å². The molecule has 17 heavy (non-hydrogen) atoms. The Balaban J connectivity index is 1.83. The summed E-state index contributed by atoms with van der Waals surface area (Å²) in [7, 11) is 0. The SMILES string of the molecule is O=C(NCc1cn[nH]c1)Nc1ccc(Cl)cc1. The maximum absolute atomic E-state index is 11.5. The molecule has 5 nitrogen and oxygen atoms in total. The number of hydrogen-bond acceptors (Lipinski definition) is 2. The van der Waals surface area contributed by atoms with Crippen LogP contribution < -0.4 is 10.6 Å². The molecule has 0 fully saturated rings. The minimum atomic E-state index is -0.270. The minimum Gasteiger partial charge on any atom is -0.334 e. The molecule has 0 aliphatic carbocycles. The minimum absolute atomic E-state index is 0.270. The molecule has 0 aliphatic rings. The third kappa shape index (κ3) is 3.49. The van der Waals surface area contributed by atoms with Crippen molar-refractivity contribution < 1.29 is 4.79 Å². The van der Waals surface area contributed by atoms with Gasteiger partial charge in [-0.05, 0) is 24.3 Å². The van der Waals surface area contributed by atoms with Crippen molar-refractivity contribution in [3.05, 3.63) is 47.2 Å². The predicted octanol–water partition coefficient (Wildman–Crippen LogP) is 2.38. The Morgan fingerprint density at radius 3 is 2.76 bits per heavy atom. The van der Waals surface area contributed by atoms with E-state index in [2.05, 4.69) is 20.8 Å². The summed E-state index contributed by atoms with van der Waals surface area (Å²) in [6, 6.07) is 6.63.